The maximum atomic E-state index is 11.6. The van der Waals surface area contributed by atoms with E-state index in [0.717, 1.165) is 16.3 Å². The molecule has 0 spiro atoms. The molecule has 0 bridgehead atoms. The number of benzene rings is 1. The third-order valence-corrected chi connectivity index (χ3v) is 3.23. The molecule has 2 amide bonds. The van der Waals surface area contributed by atoms with Gasteiger partial charge >= 0.3 is 6.03 Å². The molecule has 1 heterocycles. The van der Waals surface area contributed by atoms with Crippen LogP contribution in [-0.2, 0) is 6.54 Å². The highest BCUT2D eigenvalue weighted by Crippen LogP contribution is 2.15. The summed E-state index contributed by atoms with van der Waals surface area (Å²) in [4.78, 5) is 11.6. The van der Waals surface area contributed by atoms with E-state index in [1.54, 1.807) is 0 Å². The van der Waals surface area contributed by atoms with Gasteiger partial charge in [-0.1, -0.05) is 12.1 Å². The fourth-order valence-electron chi connectivity index (χ4n) is 1.56. The predicted octanol–water partition coefficient (Wildman–Crippen LogP) is 3.47. The predicted molar refractivity (Wildman–Crippen MR) is 77.8 cm³/mol. The maximum absolute atomic E-state index is 11.6. The molecular weight excluding hydrogens is 260 g/mol. The van der Waals surface area contributed by atoms with Gasteiger partial charge in [-0.15, -0.1) is 11.3 Å². The molecule has 4 nitrogen and oxygen atoms in total. The zero-order chi connectivity index (χ0) is 13.5. The standard InChI is InChI=1S/C14H16N2O2S/c1-2-18-12-7-5-11(6-8-12)10-15-14(17)16-13-4-3-9-19-13/h3-9H,2,10H2,1H3,(H2,15,16,17). The zero-order valence-corrected chi connectivity index (χ0v) is 11.5. The normalized spacial score (nSPS) is 9.95. The molecule has 0 aliphatic rings. The van der Waals surface area contributed by atoms with Crippen LogP contribution in [0.15, 0.2) is 41.8 Å². The van der Waals surface area contributed by atoms with Crippen LogP contribution in [0.1, 0.15) is 12.5 Å². The second kappa shape index (κ2) is 6.80. The molecule has 0 radical (unpaired) electrons. The van der Waals surface area contributed by atoms with Crippen LogP contribution in [0.25, 0.3) is 0 Å². The van der Waals surface area contributed by atoms with Gasteiger partial charge in [-0.05, 0) is 42.1 Å². The lowest BCUT2D eigenvalue weighted by molar-refractivity contribution is 0.252. The van der Waals surface area contributed by atoms with E-state index in [1.807, 2.05) is 48.7 Å². The first-order chi connectivity index (χ1) is 9.28. The number of carbonyl (C=O) groups excluding carboxylic acids is 1. The van der Waals surface area contributed by atoms with E-state index in [2.05, 4.69) is 10.6 Å². The number of amides is 2. The molecule has 1 aromatic carbocycles. The molecule has 0 atom stereocenters. The van der Waals surface area contributed by atoms with E-state index in [-0.39, 0.29) is 6.03 Å². The maximum Gasteiger partial charge on any atom is 0.320 e. The van der Waals surface area contributed by atoms with Crippen molar-refractivity contribution in [3.63, 3.8) is 0 Å². The molecule has 19 heavy (non-hydrogen) atoms. The summed E-state index contributed by atoms with van der Waals surface area (Å²) in [6, 6.07) is 11.2. The van der Waals surface area contributed by atoms with Gasteiger partial charge in [0.1, 0.15) is 5.75 Å². The summed E-state index contributed by atoms with van der Waals surface area (Å²) in [6.45, 7) is 3.09. The smallest absolute Gasteiger partial charge is 0.320 e. The van der Waals surface area contributed by atoms with E-state index >= 15 is 0 Å². The van der Waals surface area contributed by atoms with Gasteiger partial charge in [0.05, 0.1) is 11.6 Å². The molecule has 1 aromatic heterocycles. The van der Waals surface area contributed by atoms with Crippen LogP contribution in [0.2, 0.25) is 0 Å². The Morgan fingerprint density at radius 3 is 2.68 bits per heavy atom. The first-order valence-corrected chi connectivity index (χ1v) is 6.96. The Morgan fingerprint density at radius 1 is 1.26 bits per heavy atom. The lowest BCUT2D eigenvalue weighted by Gasteiger charge is -2.07. The van der Waals surface area contributed by atoms with Crippen LogP contribution >= 0.6 is 11.3 Å². The molecule has 2 rings (SSSR count). The fourth-order valence-corrected chi connectivity index (χ4v) is 2.17. The number of carbonyl (C=O) groups is 1. The molecule has 2 N–H and O–H groups in total. The minimum absolute atomic E-state index is 0.198. The SMILES string of the molecule is CCOc1ccc(CNC(=O)Nc2cccs2)cc1. The monoisotopic (exact) mass is 276 g/mol. The van der Waals surface area contributed by atoms with Gasteiger partial charge in [0.15, 0.2) is 0 Å². The lowest BCUT2D eigenvalue weighted by atomic mass is 10.2. The summed E-state index contributed by atoms with van der Waals surface area (Å²) < 4.78 is 5.36. The number of rotatable bonds is 5. The Balaban J connectivity index is 1.79. The van der Waals surface area contributed by atoms with Gasteiger partial charge in [0.2, 0.25) is 0 Å². The van der Waals surface area contributed by atoms with Crippen molar-refractivity contribution in [2.24, 2.45) is 0 Å². The number of anilines is 1. The highest BCUT2D eigenvalue weighted by atomic mass is 32.1. The first-order valence-electron chi connectivity index (χ1n) is 6.08. The third-order valence-electron chi connectivity index (χ3n) is 2.45. The highest BCUT2D eigenvalue weighted by Gasteiger charge is 2.02. The average molecular weight is 276 g/mol. The molecular formula is C14H16N2O2S. The van der Waals surface area contributed by atoms with Crippen LogP contribution in [0.3, 0.4) is 0 Å². The Kier molecular flexibility index (Phi) is 4.80. The largest absolute Gasteiger partial charge is 0.494 e. The number of thiophene rings is 1. The van der Waals surface area contributed by atoms with Gasteiger partial charge in [-0.25, -0.2) is 4.79 Å². The molecule has 5 heteroatoms. The molecule has 0 fully saturated rings. The second-order valence-corrected chi connectivity index (χ2v) is 4.81. The topological polar surface area (TPSA) is 50.4 Å². The first kappa shape index (κ1) is 13.4. The highest BCUT2D eigenvalue weighted by molar-refractivity contribution is 7.14. The summed E-state index contributed by atoms with van der Waals surface area (Å²) in [5, 5.41) is 8.33. The summed E-state index contributed by atoms with van der Waals surface area (Å²) in [5.74, 6) is 0.842. The molecule has 0 aliphatic heterocycles. The van der Waals surface area contributed by atoms with E-state index in [9.17, 15) is 4.79 Å². The van der Waals surface area contributed by atoms with Crippen molar-refractivity contribution < 1.29 is 9.53 Å². The van der Waals surface area contributed by atoms with Crippen molar-refractivity contribution in [3.8, 4) is 5.75 Å². The summed E-state index contributed by atoms with van der Waals surface area (Å²) >= 11 is 1.49. The van der Waals surface area contributed by atoms with E-state index in [0.29, 0.717) is 13.2 Å². The Bertz CT molecular complexity index is 509. The van der Waals surface area contributed by atoms with Gasteiger partial charge in [-0.2, -0.15) is 0 Å². The van der Waals surface area contributed by atoms with E-state index < -0.39 is 0 Å². The quantitative estimate of drug-likeness (QED) is 0.878. The Morgan fingerprint density at radius 2 is 2.05 bits per heavy atom. The molecule has 0 unspecified atom stereocenters. The minimum atomic E-state index is -0.198. The number of ether oxygens (including phenoxy) is 1. The molecule has 0 aliphatic carbocycles. The van der Waals surface area contributed by atoms with Crippen LogP contribution in [0.5, 0.6) is 5.75 Å². The minimum Gasteiger partial charge on any atom is -0.494 e. The van der Waals surface area contributed by atoms with Gasteiger partial charge < -0.3 is 10.1 Å². The lowest BCUT2D eigenvalue weighted by Crippen LogP contribution is -2.27. The molecule has 100 valence electrons. The summed E-state index contributed by atoms with van der Waals surface area (Å²) in [7, 11) is 0. The number of hydrogen-bond acceptors (Lipinski definition) is 3. The van der Waals surface area contributed by atoms with Gasteiger partial charge in [0, 0.05) is 6.54 Å². The number of nitrogens with one attached hydrogen (secondary N) is 2. The Hall–Kier alpha value is -2.01. The van der Waals surface area contributed by atoms with Crippen LogP contribution in [-0.4, -0.2) is 12.6 Å². The average Bonchev–Trinajstić information content (AvgIpc) is 2.91. The van der Waals surface area contributed by atoms with Gasteiger partial charge in [0.25, 0.3) is 0 Å². The van der Waals surface area contributed by atoms with Crippen LogP contribution in [0, 0.1) is 0 Å². The number of urea groups is 1. The summed E-state index contributed by atoms with van der Waals surface area (Å²) in [5.41, 5.74) is 1.03. The second-order valence-electron chi connectivity index (χ2n) is 3.86. The van der Waals surface area contributed by atoms with E-state index in [4.69, 9.17) is 4.74 Å². The third kappa shape index (κ3) is 4.30. The van der Waals surface area contributed by atoms with Crippen molar-refractivity contribution in [2.75, 3.05) is 11.9 Å². The zero-order valence-electron chi connectivity index (χ0n) is 10.7. The van der Waals surface area contributed by atoms with Crippen LogP contribution < -0.4 is 15.4 Å². The molecule has 0 saturated heterocycles. The fraction of sp³-hybridized carbons (Fsp3) is 0.214. The van der Waals surface area contributed by atoms with E-state index in [1.165, 1.54) is 11.3 Å². The van der Waals surface area contributed by atoms with Crippen molar-refractivity contribution in [2.45, 2.75) is 13.5 Å². The molecule has 2 aromatic rings. The van der Waals surface area contributed by atoms with Gasteiger partial charge in [-0.3, -0.25) is 5.32 Å². The van der Waals surface area contributed by atoms with Crippen molar-refractivity contribution >= 4 is 22.4 Å². The van der Waals surface area contributed by atoms with Crippen molar-refractivity contribution in [3.05, 3.63) is 47.3 Å². The summed E-state index contributed by atoms with van der Waals surface area (Å²) in [6.07, 6.45) is 0. The number of hydrogen-bond donors (Lipinski definition) is 2. The van der Waals surface area contributed by atoms with Crippen LogP contribution in [0.4, 0.5) is 9.80 Å². The van der Waals surface area contributed by atoms with Crippen molar-refractivity contribution in [1.82, 2.24) is 5.32 Å². The Labute approximate surface area is 116 Å². The van der Waals surface area contributed by atoms with Crippen molar-refractivity contribution in [1.29, 1.82) is 0 Å². The molecule has 0 saturated carbocycles.